The summed E-state index contributed by atoms with van der Waals surface area (Å²) in [6.45, 7) is 9.12. The van der Waals surface area contributed by atoms with Crippen LogP contribution in [-0.4, -0.2) is 43.4 Å². The molecule has 1 N–H and O–H groups in total. The van der Waals surface area contributed by atoms with Gasteiger partial charge >= 0.3 is 0 Å². The number of rotatable bonds is 8. The molecule has 114 valence electrons. The molecule has 0 aliphatic rings. The minimum atomic E-state index is -0.0660. The third kappa shape index (κ3) is 6.63. The van der Waals surface area contributed by atoms with Crippen LogP contribution in [0.1, 0.15) is 33.0 Å². The monoisotopic (exact) mass is 345 g/mol. The smallest absolute Gasteiger partial charge is 0.137 e. The number of halogens is 1. The van der Waals surface area contributed by atoms with E-state index in [9.17, 15) is 0 Å². The standard InChI is InChI=1S/C14H24BrN3O2/c1-14(2,3)13-17-11(15)10-12(18-13)16-6-5-7-20-9-8-19-4/h10H,5-9H2,1-4H3,(H,16,17,18). The Morgan fingerprint density at radius 2 is 1.95 bits per heavy atom. The molecule has 6 heteroatoms. The minimum absolute atomic E-state index is 0.0660. The van der Waals surface area contributed by atoms with E-state index in [0.29, 0.717) is 13.2 Å². The van der Waals surface area contributed by atoms with Crippen LogP contribution in [0.15, 0.2) is 10.7 Å². The molecular weight excluding hydrogens is 322 g/mol. The summed E-state index contributed by atoms with van der Waals surface area (Å²) in [6, 6.07) is 1.89. The molecule has 0 amide bonds. The fourth-order valence-electron chi connectivity index (χ4n) is 1.48. The Labute approximate surface area is 129 Å². The quantitative estimate of drug-likeness (QED) is 0.579. The van der Waals surface area contributed by atoms with Gasteiger partial charge in [0.2, 0.25) is 0 Å². The fraction of sp³-hybridized carbons (Fsp3) is 0.714. The summed E-state index contributed by atoms with van der Waals surface area (Å²) in [5, 5.41) is 3.30. The topological polar surface area (TPSA) is 56.3 Å². The highest BCUT2D eigenvalue weighted by Crippen LogP contribution is 2.22. The summed E-state index contributed by atoms with van der Waals surface area (Å²) in [5.41, 5.74) is -0.0660. The van der Waals surface area contributed by atoms with Crippen LogP contribution >= 0.6 is 15.9 Å². The summed E-state index contributed by atoms with van der Waals surface area (Å²) in [5.74, 6) is 1.67. The van der Waals surface area contributed by atoms with Crippen LogP contribution in [0, 0.1) is 0 Å². The van der Waals surface area contributed by atoms with E-state index in [0.717, 1.165) is 35.8 Å². The number of methoxy groups -OCH3 is 1. The van der Waals surface area contributed by atoms with Crippen molar-refractivity contribution < 1.29 is 9.47 Å². The largest absolute Gasteiger partial charge is 0.382 e. The molecule has 0 aromatic carbocycles. The third-order valence-electron chi connectivity index (χ3n) is 2.57. The molecule has 0 bridgehead atoms. The van der Waals surface area contributed by atoms with Crippen LogP contribution in [0.25, 0.3) is 0 Å². The lowest BCUT2D eigenvalue weighted by Crippen LogP contribution is -2.18. The van der Waals surface area contributed by atoms with Gasteiger partial charge in [-0.05, 0) is 22.4 Å². The van der Waals surface area contributed by atoms with Gasteiger partial charge in [-0.15, -0.1) is 0 Å². The Morgan fingerprint density at radius 1 is 1.20 bits per heavy atom. The maximum atomic E-state index is 5.41. The number of ether oxygens (including phenoxy) is 2. The van der Waals surface area contributed by atoms with E-state index in [4.69, 9.17) is 9.47 Å². The van der Waals surface area contributed by atoms with Crippen LogP contribution in [0.5, 0.6) is 0 Å². The second kappa shape index (κ2) is 8.54. The zero-order chi connectivity index (χ0) is 15.0. The fourth-order valence-corrected chi connectivity index (χ4v) is 1.86. The Kier molecular flexibility index (Phi) is 7.40. The van der Waals surface area contributed by atoms with Gasteiger partial charge in [-0.25, -0.2) is 9.97 Å². The zero-order valence-corrected chi connectivity index (χ0v) is 14.3. The van der Waals surface area contributed by atoms with Gasteiger partial charge in [0.1, 0.15) is 16.2 Å². The Bertz CT molecular complexity index is 408. The van der Waals surface area contributed by atoms with Crippen molar-refractivity contribution in [3.8, 4) is 0 Å². The average Bonchev–Trinajstić information content (AvgIpc) is 2.36. The average molecular weight is 346 g/mol. The second-order valence-electron chi connectivity index (χ2n) is 5.54. The number of nitrogens with zero attached hydrogens (tertiary/aromatic N) is 2. The number of nitrogens with one attached hydrogen (secondary N) is 1. The molecule has 0 saturated carbocycles. The van der Waals surface area contributed by atoms with Crippen molar-refractivity contribution in [1.82, 2.24) is 9.97 Å². The summed E-state index contributed by atoms with van der Waals surface area (Å²) in [7, 11) is 1.67. The molecule has 1 aromatic rings. The molecule has 1 heterocycles. The van der Waals surface area contributed by atoms with Crippen molar-refractivity contribution in [2.75, 3.05) is 38.8 Å². The van der Waals surface area contributed by atoms with Gasteiger partial charge in [0, 0.05) is 31.7 Å². The first-order valence-corrected chi connectivity index (χ1v) is 7.58. The molecule has 20 heavy (non-hydrogen) atoms. The molecule has 1 rings (SSSR count). The zero-order valence-electron chi connectivity index (χ0n) is 12.7. The molecule has 0 atom stereocenters. The van der Waals surface area contributed by atoms with Crippen LogP contribution in [-0.2, 0) is 14.9 Å². The van der Waals surface area contributed by atoms with Gasteiger partial charge in [0.15, 0.2) is 0 Å². The maximum Gasteiger partial charge on any atom is 0.137 e. The van der Waals surface area contributed by atoms with Gasteiger partial charge in [-0.2, -0.15) is 0 Å². The van der Waals surface area contributed by atoms with Crippen molar-refractivity contribution in [2.45, 2.75) is 32.6 Å². The number of anilines is 1. The summed E-state index contributed by atoms with van der Waals surface area (Å²) in [4.78, 5) is 8.95. The van der Waals surface area contributed by atoms with E-state index >= 15 is 0 Å². The van der Waals surface area contributed by atoms with Crippen molar-refractivity contribution in [2.24, 2.45) is 0 Å². The first-order valence-electron chi connectivity index (χ1n) is 6.79. The lowest BCUT2D eigenvalue weighted by Gasteiger charge is -2.18. The van der Waals surface area contributed by atoms with E-state index in [1.54, 1.807) is 7.11 Å². The molecule has 0 saturated heterocycles. The SMILES string of the molecule is COCCOCCCNc1cc(Br)nc(C(C)(C)C)n1. The second-order valence-corrected chi connectivity index (χ2v) is 6.35. The Morgan fingerprint density at radius 3 is 2.60 bits per heavy atom. The number of aromatic nitrogens is 2. The van der Waals surface area contributed by atoms with Crippen molar-refractivity contribution in [3.63, 3.8) is 0 Å². The highest BCUT2D eigenvalue weighted by molar-refractivity contribution is 9.10. The van der Waals surface area contributed by atoms with E-state index in [1.807, 2.05) is 6.07 Å². The summed E-state index contributed by atoms with van der Waals surface area (Å²) >= 11 is 3.43. The van der Waals surface area contributed by atoms with E-state index in [-0.39, 0.29) is 5.41 Å². The first kappa shape index (κ1) is 17.3. The first-order chi connectivity index (χ1) is 9.43. The number of hydrogen-bond donors (Lipinski definition) is 1. The maximum absolute atomic E-state index is 5.41. The van der Waals surface area contributed by atoms with Gasteiger partial charge in [0.05, 0.1) is 13.2 Å². The highest BCUT2D eigenvalue weighted by atomic mass is 79.9. The molecule has 0 fully saturated rings. The lowest BCUT2D eigenvalue weighted by molar-refractivity contribution is 0.0705. The van der Waals surface area contributed by atoms with Crippen LogP contribution in [0.3, 0.4) is 0 Å². The molecule has 0 radical (unpaired) electrons. The summed E-state index contributed by atoms with van der Waals surface area (Å²) < 4.78 is 11.1. The normalized spacial score (nSPS) is 11.7. The summed E-state index contributed by atoms with van der Waals surface area (Å²) in [6.07, 6.45) is 0.927. The van der Waals surface area contributed by atoms with Crippen molar-refractivity contribution in [1.29, 1.82) is 0 Å². The van der Waals surface area contributed by atoms with Crippen LogP contribution < -0.4 is 5.32 Å². The lowest BCUT2D eigenvalue weighted by atomic mass is 9.96. The van der Waals surface area contributed by atoms with Crippen molar-refractivity contribution in [3.05, 3.63) is 16.5 Å². The van der Waals surface area contributed by atoms with E-state index in [2.05, 4.69) is 52.0 Å². The Hall–Kier alpha value is -0.720. The van der Waals surface area contributed by atoms with Gasteiger partial charge in [0.25, 0.3) is 0 Å². The molecular formula is C14H24BrN3O2. The molecule has 5 nitrogen and oxygen atoms in total. The Balaban J connectivity index is 2.39. The highest BCUT2D eigenvalue weighted by Gasteiger charge is 2.18. The van der Waals surface area contributed by atoms with E-state index in [1.165, 1.54) is 0 Å². The van der Waals surface area contributed by atoms with Gasteiger partial charge in [-0.3, -0.25) is 0 Å². The molecule has 0 unspecified atom stereocenters. The molecule has 0 spiro atoms. The van der Waals surface area contributed by atoms with Gasteiger partial charge in [-0.1, -0.05) is 20.8 Å². The third-order valence-corrected chi connectivity index (χ3v) is 2.98. The van der Waals surface area contributed by atoms with E-state index < -0.39 is 0 Å². The predicted molar refractivity (Wildman–Crippen MR) is 84.2 cm³/mol. The predicted octanol–water partition coefficient (Wildman–Crippen LogP) is 3.00. The van der Waals surface area contributed by atoms with Crippen molar-refractivity contribution >= 4 is 21.7 Å². The number of hydrogen-bond acceptors (Lipinski definition) is 5. The molecule has 0 aliphatic heterocycles. The molecule has 0 aliphatic carbocycles. The van der Waals surface area contributed by atoms with Crippen LogP contribution in [0.2, 0.25) is 0 Å². The van der Waals surface area contributed by atoms with Crippen LogP contribution in [0.4, 0.5) is 5.82 Å². The van der Waals surface area contributed by atoms with Gasteiger partial charge < -0.3 is 14.8 Å². The minimum Gasteiger partial charge on any atom is -0.382 e. The molecule has 1 aromatic heterocycles.